The molecule has 2 aromatic rings. The Morgan fingerprint density at radius 1 is 1.38 bits per heavy atom. The Morgan fingerprint density at radius 3 is 2.96 bits per heavy atom. The minimum atomic E-state index is -0.110. The van der Waals surface area contributed by atoms with Crippen LogP contribution in [-0.2, 0) is 12.5 Å². The molecule has 2 aliphatic rings. The maximum Gasteiger partial charge on any atom is 0.251 e. The zero-order valence-electron chi connectivity index (χ0n) is 13.7. The minimum Gasteiger partial charge on any atom is -0.351 e. The summed E-state index contributed by atoms with van der Waals surface area (Å²) in [6.45, 7) is 2.82. The second-order valence-electron chi connectivity index (χ2n) is 7.00. The van der Waals surface area contributed by atoms with E-state index in [-0.39, 0.29) is 17.4 Å². The van der Waals surface area contributed by atoms with Crippen LogP contribution in [0.1, 0.15) is 47.4 Å². The van der Waals surface area contributed by atoms with Crippen LogP contribution in [0.4, 0.5) is 0 Å². The smallest absolute Gasteiger partial charge is 0.251 e. The van der Waals surface area contributed by atoms with Crippen molar-refractivity contribution in [2.24, 2.45) is 7.05 Å². The highest BCUT2D eigenvalue weighted by Gasteiger charge is 2.45. The molecule has 0 bridgehead atoms. The molecular formula is C17H20ClN5O. The number of benzene rings is 1. The van der Waals surface area contributed by atoms with E-state index in [1.807, 2.05) is 25.4 Å². The maximum absolute atomic E-state index is 12.3. The number of carbonyl (C=O) groups is 1. The van der Waals surface area contributed by atoms with Gasteiger partial charge in [0.15, 0.2) is 0 Å². The molecule has 7 heteroatoms. The van der Waals surface area contributed by atoms with Crippen molar-refractivity contribution in [1.82, 2.24) is 25.6 Å². The molecule has 1 aromatic heterocycles. The highest BCUT2D eigenvalue weighted by Crippen LogP contribution is 2.44. The van der Waals surface area contributed by atoms with Crippen molar-refractivity contribution < 1.29 is 4.79 Å². The summed E-state index contributed by atoms with van der Waals surface area (Å²) in [5, 5.41) is 15.6. The average Bonchev–Trinajstić information content (AvgIpc) is 2.97. The molecule has 24 heavy (non-hydrogen) atoms. The summed E-state index contributed by atoms with van der Waals surface area (Å²) >= 11 is 6.11. The highest BCUT2D eigenvalue weighted by atomic mass is 35.5. The van der Waals surface area contributed by atoms with E-state index in [2.05, 4.69) is 27.9 Å². The maximum atomic E-state index is 12.3. The first-order valence-electron chi connectivity index (χ1n) is 8.17. The van der Waals surface area contributed by atoms with Crippen LogP contribution < -0.4 is 10.6 Å². The number of rotatable bonds is 1. The van der Waals surface area contributed by atoms with Gasteiger partial charge in [0.1, 0.15) is 0 Å². The van der Waals surface area contributed by atoms with Crippen LogP contribution >= 0.6 is 11.6 Å². The lowest BCUT2D eigenvalue weighted by Gasteiger charge is -2.47. The lowest BCUT2D eigenvalue weighted by Crippen LogP contribution is -2.55. The molecule has 6 nitrogen and oxygen atoms in total. The fraction of sp³-hybridized carbons (Fsp3) is 0.471. The number of nitrogens with zero attached hydrogens (tertiary/aromatic N) is 3. The monoisotopic (exact) mass is 345 g/mol. The third kappa shape index (κ3) is 2.50. The van der Waals surface area contributed by atoms with Gasteiger partial charge < -0.3 is 10.6 Å². The Balaban J connectivity index is 1.77. The lowest BCUT2D eigenvalue weighted by molar-refractivity contribution is 0.0896. The number of piperidine rings is 1. The van der Waals surface area contributed by atoms with Crippen LogP contribution in [0.2, 0.25) is 5.02 Å². The molecular weight excluding hydrogens is 326 g/mol. The van der Waals surface area contributed by atoms with E-state index in [0.29, 0.717) is 23.2 Å². The van der Waals surface area contributed by atoms with Gasteiger partial charge in [-0.25, -0.2) is 0 Å². The summed E-state index contributed by atoms with van der Waals surface area (Å²) in [4.78, 5) is 12.3. The molecule has 3 atom stereocenters. The third-order valence-corrected chi connectivity index (χ3v) is 5.37. The SMILES string of the molecule is C[C@H]1CC2(CNC(=O)c3cc(Cl)ccc32)C[C@@H](c2cn(C)nn2)N1. The van der Waals surface area contributed by atoms with Gasteiger partial charge in [-0.3, -0.25) is 9.48 Å². The quantitative estimate of drug-likeness (QED) is 0.828. The fourth-order valence-electron chi connectivity index (χ4n) is 4.21. The molecule has 1 saturated heterocycles. The molecule has 126 valence electrons. The second-order valence-corrected chi connectivity index (χ2v) is 7.43. The molecule has 0 saturated carbocycles. The first kappa shape index (κ1) is 15.6. The average molecular weight is 346 g/mol. The Hall–Kier alpha value is -1.92. The molecule has 2 aliphatic heterocycles. The third-order valence-electron chi connectivity index (χ3n) is 5.14. The van der Waals surface area contributed by atoms with E-state index in [0.717, 1.165) is 24.1 Å². The summed E-state index contributed by atoms with van der Waals surface area (Å²) in [6, 6.07) is 6.09. The Morgan fingerprint density at radius 2 is 2.21 bits per heavy atom. The van der Waals surface area contributed by atoms with Gasteiger partial charge in [-0.05, 0) is 37.5 Å². The molecule has 1 unspecified atom stereocenters. The second kappa shape index (κ2) is 5.57. The number of carbonyl (C=O) groups excluding carboxylic acids is 1. The van der Waals surface area contributed by atoms with E-state index in [4.69, 9.17) is 11.6 Å². The summed E-state index contributed by atoms with van der Waals surface area (Å²) in [7, 11) is 1.87. The van der Waals surface area contributed by atoms with Crippen molar-refractivity contribution in [2.45, 2.75) is 37.3 Å². The molecule has 4 rings (SSSR count). The fourth-order valence-corrected chi connectivity index (χ4v) is 4.38. The van der Waals surface area contributed by atoms with Gasteiger partial charge in [-0.2, -0.15) is 0 Å². The van der Waals surface area contributed by atoms with Gasteiger partial charge >= 0.3 is 0 Å². The first-order chi connectivity index (χ1) is 11.5. The van der Waals surface area contributed by atoms with Crippen molar-refractivity contribution in [2.75, 3.05) is 6.54 Å². The van der Waals surface area contributed by atoms with Crippen LogP contribution in [0.15, 0.2) is 24.4 Å². The topological polar surface area (TPSA) is 71.8 Å². The number of fused-ring (bicyclic) bond motifs is 2. The van der Waals surface area contributed by atoms with E-state index < -0.39 is 0 Å². The van der Waals surface area contributed by atoms with E-state index in [1.54, 1.807) is 10.7 Å². The van der Waals surface area contributed by atoms with Gasteiger partial charge in [-0.15, -0.1) is 5.10 Å². The normalized spacial score (nSPS) is 29.4. The number of halogens is 1. The summed E-state index contributed by atoms with van der Waals surface area (Å²) < 4.78 is 1.72. The van der Waals surface area contributed by atoms with Crippen LogP contribution in [0.5, 0.6) is 0 Å². The molecule has 1 fully saturated rings. The number of aromatic nitrogens is 3. The van der Waals surface area contributed by atoms with Crippen molar-refractivity contribution in [3.05, 3.63) is 46.2 Å². The summed E-state index contributed by atoms with van der Waals surface area (Å²) in [5.41, 5.74) is 2.62. The number of hydrogen-bond donors (Lipinski definition) is 2. The van der Waals surface area contributed by atoms with Crippen molar-refractivity contribution >= 4 is 17.5 Å². The summed E-state index contributed by atoms with van der Waals surface area (Å²) in [6.07, 6.45) is 3.78. The number of aryl methyl sites for hydroxylation is 1. The molecule has 3 heterocycles. The van der Waals surface area contributed by atoms with E-state index in [9.17, 15) is 4.79 Å². The van der Waals surface area contributed by atoms with Crippen LogP contribution in [0.25, 0.3) is 0 Å². The van der Waals surface area contributed by atoms with Crippen molar-refractivity contribution in [3.8, 4) is 0 Å². The van der Waals surface area contributed by atoms with Crippen LogP contribution in [-0.4, -0.2) is 33.5 Å². The zero-order valence-corrected chi connectivity index (χ0v) is 14.5. The number of hydrogen-bond acceptors (Lipinski definition) is 4. The Labute approximate surface area is 145 Å². The Kier molecular flexibility index (Phi) is 3.62. The molecule has 1 amide bonds. The predicted octanol–water partition coefficient (Wildman–Crippen LogP) is 1.96. The van der Waals surface area contributed by atoms with Gasteiger partial charge in [0.2, 0.25) is 0 Å². The zero-order chi connectivity index (χ0) is 16.9. The molecule has 0 radical (unpaired) electrons. The number of amides is 1. The van der Waals surface area contributed by atoms with Gasteiger partial charge in [0, 0.05) is 41.8 Å². The van der Waals surface area contributed by atoms with E-state index in [1.165, 1.54) is 0 Å². The van der Waals surface area contributed by atoms with Gasteiger partial charge in [-0.1, -0.05) is 22.9 Å². The standard InChI is InChI=1S/C17H20ClN5O/c1-10-6-17(7-14(20-10)15-8-23(2)22-21-15)9-19-16(24)12-5-11(18)3-4-13(12)17/h3-5,8,10,14,20H,6-7,9H2,1-2H3,(H,19,24)/t10-,14-,17?/m0/s1. The van der Waals surface area contributed by atoms with Gasteiger partial charge in [0.25, 0.3) is 5.91 Å². The molecule has 0 aliphatic carbocycles. The minimum absolute atomic E-state index is 0.0413. The van der Waals surface area contributed by atoms with Crippen LogP contribution in [0.3, 0.4) is 0 Å². The molecule has 1 spiro atoms. The number of nitrogens with one attached hydrogen (secondary N) is 2. The predicted molar refractivity (Wildman–Crippen MR) is 91.0 cm³/mol. The van der Waals surface area contributed by atoms with Crippen molar-refractivity contribution in [1.29, 1.82) is 0 Å². The summed E-state index contributed by atoms with van der Waals surface area (Å²) in [5.74, 6) is -0.0413. The van der Waals surface area contributed by atoms with Crippen molar-refractivity contribution in [3.63, 3.8) is 0 Å². The van der Waals surface area contributed by atoms with Gasteiger partial charge in [0.05, 0.1) is 11.7 Å². The Bertz CT molecular complexity index is 804. The van der Waals surface area contributed by atoms with E-state index >= 15 is 0 Å². The molecule has 1 aromatic carbocycles. The first-order valence-corrected chi connectivity index (χ1v) is 8.55. The lowest BCUT2D eigenvalue weighted by atomic mass is 9.65. The van der Waals surface area contributed by atoms with Crippen LogP contribution in [0, 0.1) is 0 Å². The largest absolute Gasteiger partial charge is 0.351 e. The molecule has 2 N–H and O–H groups in total. The highest BCUT2D eigenvalue weighted by molar-refractivity contribution is 6.31.